The third-order valence-electron chi connectivity index (χ3n) is 3.01. The van der Waals surface area contributed by atoms with Crippen molar-refractivity contribution in [3.05, 3.63) is 17.8 Å². The van der Waals surface area contributed by atoms with E-state index in [0.29, 0.717) is 23.7 Å². The van der Waals surface area contributed by atoms with E-state index in [4.69, 9.17) is 5.73 Å². The molecule has 5 nitrogen and oxygen atoms in total. The molecular formula is C11H17N3O2S. The van der Waals surface area contributed by atoms with E-state index in [2.05, 4.69) is 10.3 Å². The van der Waals surface area contributed by atoms with E-state index in [1.165, 1.54) is 0 Å². The standard InChI is InChI=1S/C11H17N3O2S/c1-8-4-5-13-11(10(8)12)14-9-3-2-6-17(15,16)7-9/h4-5,9H,2-3,6-7,12H2,1H3,(H,13,14). The molecule has 1 aliphatic heterocycles. The second-order valence-electron chi connectivity index (χ2n) is 4.49. The Bertz CT molecular complexity index is 513. The number of hydrogen-bond acceptors (Lipinski definition) is 5. The number of nitrogens with two attached hydrogens (primary N) is 1. The molecule has 0 aromatic carbocycles. The van der Waals surface area contributed by atoms with E-state index in [9.17, 15) is 8.42 Å². The molecule has 2 rings (SSSR count). The quantitative estimate of drug-likeness (QED) is 0.822. The first-order chi connectivity index (χ1) is 7.98. The lowest BCUT2D eigenvalue weighted by atomic mass is 10.1. The first-order valence-electron chi connectivity index (χ1n) is 5.66. The highest BCUT2D eigenvalue weighted by Gasteiger charge is 2.25. The summed E-state index contributed by atoms with van der Waals surface area (Å²) in [6.45, 7) is 1.90. The summed E-state index contributed by atoms with van der Waals surface area (Å²) >= 11 is 0. The van der Waals surface area contributed by atoms with Crippen molar-refractivity contribution in [1.82, 2.24) is 4.98 Å². The van der Waals surface area contributed by atoms with Gasteiger partial charge in [-0.2, -0.15) is 0 Å². The molecule has 0 aliphatic carbocycles. The lowest BCUT2D eigenvalue weighted by Gasteiger charge is -2.24. The van der Waals surface area contributed by atoms with Crippen molar-refractivity contribution in [3.63, 3.8) is 0 Å². The summed E-state index contributed by atoms with van der Waals surface area (Å²) in [5.41, 5.74) is 7.43. The predicted molar refractivity (Wildman–Crippen MR) is 68.7 cm³/mol. The minimum atomic E-state index is -2.91. The van der Waals surface area contributed by atoms with Crippen molar-refractivity contribution in [2.24, 2.45) is 0 Å². The molecule has 1 fully saturated rings. The van der Waals surface area contributed by atoms with Gasteiger partial charge in [0.2, 0.25) is 0 Å². The molecule has 0 bridgehead atoms. The van der Waals surface area contributed by atoms with Crippen LogP contribution in [-0.4, -0.2) is 30.9 Å². The molecule has 1 aliphatic rings. The smallest absolute Gasteiger partial charge is 0.152 e. The lowest BCUT2D eigenvalue weighted by Crippen LogP contribution is -2.35. The molecule has 17 heavy (non-hydrogen) atoms. The number of aryl methyl sites for hydroxylation is 1. The maximum absolute atomic E-state index is 11.5. The maximum Gasteiger partial charge on any atom is 0.152 e. The van der Waals surface area contributed by atoms with Gasteiger partial charge < -0.3 is 11.1 Å². The van der Waals surface area contributed by atoms with Gasteiger partial charge >= 0.3 is 0 Å². The van der Waals surface area contributed by atoms with E-state index < -0.39 is 9.84 Å². The highest BCUT2D eigenvalue weighted by molar-refractivity contribution is 7.91. The van der Waals surface area contributed by atoms with Gasteiger partial charge in [-0.3, -0.25) is 0 Å². The normalized spacial score (nSPS) is 23.2. The number of anilines is 2. The third-order valence-corrected chi connectivity index (χ3v) is 4.83. The number of pyridine rings is 1. The molecular weight excluding hydrogens is 238 g/mol. The zero-order valence-electron chi connectivity index (χ0n) is 9.81. The van der Waals surface area contributed by atoms with E-state index >= 15 is 0 Å². The molecule has 0 amide bonds. The largest absolute Gasteiger partial charge is 0.396 e. The molecule has 2 heterocycles. The average molecular weight is 255 g/mol. The fourth-order valence-electron chi connectivity index (χ4n) is 2.01. The summed E-state index contributed by atoms with van der Waals surface area (Å²) in [6, 6.07) is 1.75. The molecule has 1 saturated heterocycles. The van der Waals surface area contributed by atoms with Crippen LogP contribution in [0.15, 0.2) is 12.3 Å². The minimum absolute atomic E-state index is 0.0784. The number of rotatable bonds is 2. The number of hydrogen-bond donors (Lipinski definition) is 2. The Hall–Kier alpha value is -1.30. The first-order valence-corrected chi connectivity index (χ1v) is 7.48. The van der Waals surface area contributed by atoms with Crippen LogP contribution in [0.4, 0.5) is 11.5 Å². The fraction of sp³-hybridized carbons (Fsp3) is 0.545. The topological polar surface area (TPSA) is 85.1 Å². The molecule has 94 valence electrons. The van der Waals surface area contributed by atoms with Crippen LogP contribution in [0.25, 0.3) is 0 Å². The van der Waals surface area contributed by atoms with E-state index in [0.717, 1.165) is 12.0 Å². The molecule has 3 N–H and O–H groups in total. The summed E-state index contributed by atoms with van der Waals surface area (Å²) in [6.07, 6.45) is 3.21. The molecule has 1 unspecified atom stereocenters. The van der Waals surface area contributed by atoms with Crippen LogP contribution in [0.2, 0.25) is 0 Å². The Kier molecular flexibility index (Phi) is 3.24. The van der Waals surface area contributed by atoms with Gasteiger partial charge in [-0.05, 0) is 31.4 Å². The van der Waals surface area contributed by atoms with Gasteiger partial charge in [-0.25, -0.2) is 13.4 Å². The Morgan fingerprint density at radius 2 is 2.29 bits per heavy atom. The Labute approximate surface area is 101 Å². The van der Waals surface area contributed by atoms with Crippen LogP contribution in [0.3, 0.4) is 0 Å². The molecule has 0 saturated carbocycles. The van der Waals surface area contributed by atoms with Crippen LogP contribution in [-0.2, 0) is 9.84 Å². The van der Waals surface area contributed by atoms with E-state index in [1.54, 1.807) is 6.20 Å². The van der Waals surface area contributed by atoms with Crippen molar-refractivity contribution in [2.45, 2.75) is 25.8 Å². The van der Waals surface area contributed by atoms with Gasteiger partial charge in [0.25, 0.3) is 0 Å². The van der Waals surface area contributed by atoms with Crippen LogP contribution in [0, 0.1) is 6.92 Å². The summed E-state index contributed by atoms with van der Waals surface area (Å²) < 4.78 is 23.0. The highest BCUT2D eigenvalue weighted by Crippen LogP contribution is 2.22. The molecule has 1 aromatic rings. The second kappa shape index (κ2) is 4.52. The van der Waals surface area contributed by atoms with E-state index in [1.807, 2.05) is 13.0 Å². The van der Waals surface area contributed by atoms with Gasteiger partial charge in [0.1, 0.15) is 5.82 Å². The lowest BCUT2D eigenvalue weighted by molar-refractivity contribution is 0.561. The van der Waals surface area contributed by atoms with Crippen LogP contribution >= 0.6 is 0 Å². The molecule has 6 heteroatoms. The summed E-state index contributed by atoms with van der Waals surface area (Å²) in [4.78, 5) is 4.15. The van der Waals surface area contributed by atoms with Gasteiger partial charge in [0.15, 0.2) is 9.84 Å². The maximum atomic E-state index is 11.5. The van der Waals surface area contributed by atoms with Crippen molar-refractivity contribution < 1.29 is 8.42 Å². The van der Waals surface area contributed by atoms with Crippen LogP contribution in [0.1, 0.15) is 18.4 Å². The predicted octanol–water partition coefficient (Wildman–Crippen LogP) is 0.961. The minimum Gasteiger partial charge on any atom is -0.396 e. The Morgan fingerprint density at radius 1 is 1.53 bits per heavy atom. The molecule has 0 radical (unpaired) electrons. The van der Waals surface area contributed by atoms with Crippen molar-refractivity contribution >= 4 is 21.3 Å². The molecule has 1 atom stereocenters. The van der Waals surface area contributed by atoms with Crippen molar-refractivity contribution in [1.29, 1.82) is 0 Å². The van der Waals surface area contributed by atoms with Gasteiger partial charge in [-0.15, -0.1) is 0 Å². The molecule has 0 spiro atoms. The zero-order chi connectivity index (χ0) is 12.5. The SMILES string of the molecule is Cc1ccnc(NC2CCCS(=O)(=O)C2)c1N. The van der Waals surface area contributed by atoms with Crippen molar-refractivity contribution in [3.8, 4) is 0 Å². The monoisotopic (exact) mass is 255 g/mol. The fourth-order valence-corrected chi connectivity index (χ4v) is 3.65. The van der Waals surface area contributed by atoms with Crippen LogP contribution in [0.5, 0.6) is 0 Å². The molecule has 1 aromatic heterocycles. The van der Waals surface area contributed by atoms with Gasteiger partial charge in [0, 0.05) is 12.2 Å². The summed E-state index contributed by atoms with van der Waals surface area (Å²) in [5, 5.41) is 3.13. The van der Waals surface area contributed by atoms with Crippen molar-refractivity contribution in [2.75, 3.05) is 22.6 Å². The summed E-state index contributed by atoms with van der Waals surface area (Å²) in [5.74, 6) is 1.05. The number of sulfone groups is 1. The Morgan fingerprint density at radius 3 is 3.00 bits per heavy atom. The number of nitrogens with one attached hydrogen (secondary N) is 1. The number of nitrogen functional groups attached to an aromatic ring is 1. The zero-order valence-corrected chi connectivity index (χ0v) is 10.6. The first kappa shape index (κ1) is 12.2. The number of nitrogens with zero attached hydrogens (tertiary/aromatic N) is 1. The van der Waals surface area contributed by atoms with Crippen LogP contribution < -0.4 is 11.1 Å². The Balaban J connectivity index is 2.13. The average Bonchev–Trinajstić information content (AvgIpc) is 2.23. The number of aromatic nitrogens is 1. The van der Waals surface area contributed by atoms with Gasteiger partial charge in [-0.1, -0.05) is 0 Å². The summed E-state index contributed by atoms with van der Waals surface area (Å²) in [7, 11) is -2.91. The van der Waals surface area contributed by atoms with E-state index in [-0.39, 0.29) is 11.8 Å². The van der Waals surface area contributed by atoms with Gasteiger partial charge in [0.05, 0.1) is 17.2 Å². The second-order valence-corrected chi connectivity index (χ2v) is 6.72. The highest BCUT2D eigenvalue weighted by atomic mass is 32.2. The third kappa shape index (κ3) is 2.88.